The third kappa shape index (κ3) is 1.15. The summed E-state index contributed by atoms with van der Waals surface area (Å²) in [5, 5.41) is 3.69. The lowest BCUT2D eigenvalue weighted by Gasteiger charge is -2.13. The molecule has 0 saturated carbocycles. The van der Waals surface area contributed by atoms with E-state index in [0.29, 0.717) is 0 Å². The molecule has 2 aromatic heterocycles. The van der Waals surface area contributed by atoms with Crippen LogP contribution in [0.1, 0.15) is 11.4 Å². The maximum absolute atomic E-state index is 4.74. The smallest absolute Gasteiger partial charge is 0.0723 e. The first-order valence-electron chi connectivity index (χ1n) is 5.76. The quantitative estimate of drug-likeness (QED) is 0.541. The molecule has 80 valence electrons. The van der Waals surface area contributed by atoms with E-state index in [-0.39, 0.29) is 0 Å². The van der Waals surface area contributed by atoms with E-state index in [2.05, 4.69) is 41.4 Å². The Morgan fingerprint density at radius 1 is 1.00 bits per heavy atom. The van der Waals surface area contributed by atoms with Gasteiger partial charge in [0.05, 0.1) is 16.9 Å². The minimum atomic E-state index is 0.903. The van der Waals surface area contributed by atoms with Crippen molar-refractivity contribution < 1.29 is 0 Å². The molecule has 1 aromatic carbocycles. The van der Waals surface area contributed by atoms with Crippen LogP contribution in [0.5, 0.6) is 0 Å². The Hall–Kier alpha value is -2.22. The monoisotopic (exact) mass is 218 g/mol. The third-order valence-corrected chi connectivity index (χ3v) is 3.31. The zero-order valence-corrected chi connectivity index (χ0v) is 9.22. The van der Waals surface area contributed by atoms with Gasteiger partial charge in [0.1, 0.15) is 0 Å². The first-order valence-corrected chi connectivity index (χ1v) is 5.76. The fourth-order valence-corrected chi connectivity index (χ4v) is 2.56. The number of rotatable bonds is 0. The van der Waals surface area contributed by atoms with Crippen LogP contribution in [0.2, 0.25) is 0 Å². The first kappa shape index (κ1) is 8.88. The predicted octanol–water partition coefficient (Wildman–Crippen LogP) is 3.35. The number of hydrogen-bond donors (Lipinski definition) is 0. The highest BCUT2D eigenvalue weighted by atomic mass is 14.7. The fraction of sp³-hybridized carbons (Fsp3) is 0.0667. The summed E-state index contributed by atoms with van der Waals surface area (Å²) < 4.78 is 0. The number of para-hydroxylation sites is 1. The fourth-order valence-electron chi connectivity index (χ4n) is 2.56. The number of nitrogens with zero attached hydrogens (tertiary/aromatic N) is 2. The highest BCUT2D eigenvalue weighted by molar-refractivity contribution is 6.09. The third-order valence-electron chi connectivity index (χ3n) is 3.31. The van der Waals surface area contributed by atoms with Crippen LogP contribution in [0.3, 0.4) is 0 Å². The molecule has 0 radical (unpaired) electrons. The SMILES string of the molecule is C1=Cc2nccc3c2c(nc2ccccc23)C1. The number of aromatic nitrogens is 2. The Balaban J connectivity index is 2.34. The van der Waals surface area contributed by atoms with Crippen molar-refractivity contribution in [3.05, 3.63) is 54.0 Å². The minimum Gasteiger partial charge on any atom is -0.256 e. The molecule has 0 spiro atoms. The van der Waals surface area contributed by atoms with Crippen LogP contribution < -0.4 is 0 Å². The molecule has 17 heavy (non-hydrogen) atoms. The zero-order valence-electron chi connectivity index (χ0n) is 9.22. The molecule has 0 amide bonds. The van der Waals surface area contributed by atoms with Crippen LogP contribution in [-0.2, 0) is 6.42 Å². The molecule has 0 unspecified atom stereocenters. The van der Waals surface area contributed by atoms with Crippen LogP contribution in [0.15, 0.2) is 42.6 Å². The van der Waals surface area contributed by atoms with Crippen molar-refractivity contribution in [3.8, 4) is 0 Å². The lowest BCUT2D eigenvalue weighted by atomic mass is 9.98. The summed E-state index contributed by atoms with van der Waals surface area (Å²) in [6.45, 7) is 0. The highest BCUT2D eigenvalue weighted by Gasteiger charge is 2.13. The number of pyridine rings is 2. The van der Waals surface area contributed by atoms with Crippen LogP contribution in [0, 0.1) is 0 Å². The van der Waals surface area contributed by atoms with Gasteiger partial charge in [0, 0.05) is 23.4 Å². The van der Waals surface area contributed by atoms with Crippen molar-refractivity contribution in [1.29, 1.82) is 0 Å². The van der Waals surface area contributed by atoms with E-state index in [1.807, 2.05) is 12.3 Å². The zero-order chi connectivity index (χ0) is 11.2. The van der Waals surface area contributed by atoms with Gasteiger partial charge >= 0.3 is 0 Å². The van der Waals surface area contributed by atoms with Crippen LogP contribution >= 0.6 is 0 Å². The summed E-state index contributed by atoms with van der Waals surface area (Å²) in [4.78, 5) is 9.16. The molecule has 0 N–H and O–H groups in total. The standard InChI is InChI=1S/C15H10N2/c1-2-5-12-10(4-1)11-8-9-16-13-6-3-7-14(17-12)15(11)13/h1-6,8-9H,7H2. The molecule has 1 aliphatic rings. The highest BCUT2D eigenvalue weighted by Crippen LogP contribution is 2.30. The van der Waals surface area contributed by atoms with Crippen molar-refractivity contribution in [3.63, 3.8) is 0 Å². The Morgan fingerprint density at radius 3 is 2.94 bits per heavy atom. The van der Waals surface area contributed by atoms with Crippen molar-refractivity contribution in [2.24, 2.45) is 0 Å². The van der Waals surface area contributed by atoms with E-state index >= 15 is 0 Å². The summed E-state index contributed by atoms with van der Waals surface area (Å²) in [5.41, 5.74) is 3.26. The van der Waals surface area contributed by atoms with Gasteiger partial charge in [-0.1, -0.05) is 24.3 Å². The molecule has 2 heterocycles. The number of benzene rings is 1. The second-order valence-electron chi connectivity index (χ2n) is 4.30. The topological polar surface area (TPSA) is 25.8 Å². The molecule has 3 aromatic rings. The number of hydrogen-bond acceptors (Lipinski definition) is 2. The number of fused-ring (bicyclic) bond motifs is 2. The molecule has 0 fully saturated rings. The predicted molar refractivity (Wildman–Crippen MR) is 69.8 cm³/mol. The van der Waals surface area contributed by atoms with Crippen molar-refractivity contribution >= 4 is 27.8 Å². The van der Waals surface area contributed by atoms with Gasteiger partial charge in [0.15, 0.2) is 0 Å². The molecular weight excluding hydrogens is 208 g/mol. The molecule has 0 aliphatic heterocycles. The molecule has 0 saturated heterocycles. The molecule has 2 nitrogen and oxygen atoms in total. The number of allylic oxidation sites excluding steroid dienone is 1. The van der Waals surface area contributed by atoms with Crippen molar-refractivity contribution in [2.75, 3.05) is 0 Å². The maximum atomic E-state index is 4.74. The van der Waals surface area contributed by atoms with Gasteiger partial charge in [-0.15, -0.1) is 0 Å². The summed E-state index contributed by atoms with van der Waals surface area (Å²) >= 11 is 0. The van der Waals surface area contributed by atoms with E-state index in [1.54, 1.807) is 0 Å². The molecule has 1 aliphatic carbocycles. The Bertz CT molecular complexity index is 772. The Labute approximate surface area is 98.6 Å². The average molecular weight is 218 g/mol. The molecule has 0 bridgehead atoms. The molecule has 4 rings (SSSR count). The first-order chi connectivity index (χ1) is 8.43. The maximum Gasteiger partial charge on any atom is 0.0723 e. The van der Waals surface area contributed by atoms with Gasteiger partial charge < -0.3 is 0 Å². The van der Waals surface area contributed by atoms with Crippen LogP contribution in [0.25, 0.3) is 27.8 Å². The summed E-state index contributed by atoms with van der Waals surface area (Å²) in [5.74, 6) is 0. The normalized spacial score (nSPS) is 13.4. The van der Waals surface area contributed by atoms with Crippen LogP contribution in [-0.4, -0.2) is 9.97 Å². The molecule has 2 heteroatoms. The molecule has 0 atom stereocenters. The minimum absolute atomic E-state index is 0.903. The van der Waals surface area contributed by atoms with E-state index in [1.165, 1.54) is 16.2 Å². The van der Waals surface area contributed by atoms with Gasteiger partial charge in [0.2, 0.25) is 0 Å². The molecular formula is C15H10N2. The second kappa shape index (κ2) is 3.14. The van der Waals surface area contributed by atoms with Crippen molar-refractivity contribution in [1.82, 2.24) is 9.97 Å². The lowest BCUT2D eigenvalue weighted by Crippen LogP contribution is -1.99. The van der Waals surface area contributed by atoms with Crippen molar-refractivity contribution in [2.45, 2.75) is 6.42 Å². The van der Waals surface area contributed by atoms with Gasteiger partial charge in [-0.2, -0.15) is 0 Å². The van der Waals surface area contributed by atoms with E-state index in [9.17, 15) is 0 Å². The van der Waals surface area contributed by atoms with E-state index in [4.69, 9.17) is 4.98 Å². The van der Waals surface area contributed by atoms with Crippen LogP contribution in [0.4, 0.5) is 0 Å². The Morgan fingerprint density at radius 2 is 1.94 bits per heavy atom. The average Bonchev–Trinajstić information content (AvgIpc) is 2.39. The van der Waals surface area contributed by atoms with Gasteiger partial charge in [-0.3, -0.25) is 9.97 Å². The van der Waals surface area contributed by atoms with E-state index in [0.717, 1.165) is 23.3 Å². The second-order valence-corrected chi connectivity index (χ2v) is 4.30. The van der Waals surface area contributed by atoms with Gasteiger partial charge in [0.25, 0.3) is 0 Å². The van der Waals surface area contributed by atoms with E-state index < -0.39 is 0 Å². The Kier molecular flexibility index (Phi) is 1.64. The lowest BCUT2D eigenvalue weighted by molar-refractivity contribution is 1.15. The summed E-state index contributed by atoms with van der Waals surface area (Å²) in [6, 6.07) is 10.4. The van der Waals surface area contributed by atoms with Gasteiger partial charge in [-0.05, 0) is 23.6 Å². The summed E-state index contributed by atoms with van der Waals surface area (Å²) in [7, 11) is 0. The largest absolute Gasteiger partial charge is 0.256 e. The van der Waals surface area contributed by atoms with Gasteiger partial charge in [-0.25, -0.2) is 0 Å². The summed E-state index contributed by atoms with van der Waals surface area (Å²) in [6.07, 6.45) is 7.00.